The number of rotatable bonds is 10. The molecule has 7 nitrogen and oxygen atoms in total. The number of benzene rings is 2. The second-order valence-corrected chi connectivity index (χ2v) is 11.5. The normalized spacial score (nSPS) is 16.0. The summed E-state index contributed by atoms with van der Waals surface area (Å²) in [5.74, 6) is -3.03. The summed E-state index contributed by atoms with van der Waals surface area (Å²) in [7, 11) is 0. The van der Waals surface area contributed by atoms with Crippen LogP contribution in [0.3, 0.4) is 0 Å². The van der Waals surface area contributed by atoms with E-state index in [0.29, 0.717) is 37.4 Å². The van der Waals surface area contributed by atoms with Crippen LogP contribution in [0.4, 0.5) is 13.2 Å². The van der Waals surface area contributed by atoms with Gasteiger partial charge in [0, 0.05) is 37.4 Å². The van der Waals surface area contributed by atoms with Gasteiger partial charge in [0.2, 0.25) is 5.91 Å². The van der Waals surface area contributed by atoms with E-state index in [0.717, 1.165) is 17.2 Å². The molecule has 3 rings (SSSR count). The van der Waals surface area contributed by atoms with Crippen molar-refractivity contribution in [2.75, 3.05) is 18.9 Å². The molecular formula is C30H40F3N3O4S. The summed E-state index contributed by atoms with van der Waals surface area (Å²) >= 11 is 1.36. The van der Waals surface area contributed by atoms with E-state index < -0.39 is 28.9 Å². The number of carbonyl (C=O) groups excluding carboxylic acids is 3. The standard InChI is InChI=1S/C22H24F3N3O2S.C8H16O2/c1-13-2-4-14(5-3-13)12-27-21(30)22-28(6-7-31-22)20(29)10-16(26)8-15-9-18(24)19(25)11-17(15)23;1-5-10-8(9)7(4)6(2)3/h2-5,9,11,16,22H,6-8,10,12,26H2,1H3,(H,27,30);6-7H,5H2,1-4H3. The lowest BCUT2D eigenvalue weighted by Gasteiger charge is -2.24. The lowest BCUT2D eigenvalue weighted by molar-refractivity contribution is -0.148. The number of ether oxygens (including phenoxy) is 1. The zero-order chi connectivity index (χ0) is 30.7. The maximum Gasteiger partial charge on any atom is 0.308 e. The number of carbonyl (C=O) groups is 3. The third kappa shape index (κ3) is 10.7. The smallest absolute Gasteiger partial charge is 0.308 e. The van der Waals surface area contributed by atoms with E-state index >= 15 is 0 Å². The van der Waals surface area contributed by atoms with Crippen LogP contribution in [0.15, 0.2) is 36.4 Å². The van der Waals surface area contributed by atoms with Crippen LogP contribution in [0.5, 0.6) is 0 Å². The van der Waals surface area contributed by atoms with Crippen molar-refractivity contribution < 1.29 is 32.3 Å². The third-order valence-electron chi connectivity index (χ3n) is 6.69. The summed E-state index contributed by atoms with van der Waals surface area (Å²) in [6.45, 7) is 11.0. The molecule has 3 unspecified atom stereocenters. The number of nitrogens with zero attached hydrogens (tertiary/aromatic N) is 1. The predicted molar refractivity (Wildman–Crippen MR) is 154 cm³/mol. The fourth-order valence-corrected chi connectivity index (χ4v) is 5.05. The molecule has 1 fully saturated rings. The summed E-state index contributed by atoms with van der Waals surface area (Å²) < 4.78 is 45.1. The molecule has 3 N–H and O–H groups in total. The molecule has 1 aliphatic heterocycles. The van der Waals surface area contributed by atoms with Crippen LogP contribution < -0.4 is 11.1 Å². The highest BCUT2D eigenvalue weighted by Crippen LogP contribution is 2.25. The Bertz CT molecular complexity index is 1180. The van der Waals surface area contributed by atoms with Crippen molar-refractivity contribution in [3.8, 4) is 0 Å². The highest BCUT2D eigenvalue weighted by Gasteiger charge is 2.35. The summed E-state index contributed by atoms with van der Waals surface area (Å²) in [4.78, 5) is 37.7. The molecule has 41 heavy (non-hydrogen) atoms. The molecule has 0 radical (unpaired) electrons. The average Bonchev–Trinajstić information content (AvgIpc) is 3.42. The van der Waals surface area contributed by atoms with Crippen molar-refractivity contribution in [1.29, 1.82) is 0 Å². The van der Waals surface area contributed by atoms with Crippen molar-refractivity contribution in [2.24, 2.45) is 17.6 Å². The highest BCUT2D eigenvalue weighted by atomic mass is 32.2. The van der Waals surface area contributed by atoms with Gasteiger partial charge in [-0.15, -0.1) is 11.8 Å². The number of hydrogen-bond acceptors (Lipinski definition) is 6. The Hall–Kier alpha value is -3.05. The molecule has 0 aliphatic carbocycles. The van der Waals surface area contributed by atoms with E-state index in [4.69, 9.17) is 10.5 Å². The Morgan fingerprint density at radius 3 is 2.32 bits per heavy atom. The Morgan fingerprint density at radius 2 is 1.71 bits per heavy atom. The minimum absolute atomic E-state index is 0.0277. The molecular weight excluding hydrogens is 555 g/mol. The fraction of sp³-hybridized carbons (Fsp3) is 0.500. The Balaban J connectivity index is 0.000000503. The van der Waals surface area contributed by atoms with E-state index in [1.165, 1.54) is 16.7 Å². The highest BCUT2D eigenvalue weighted by molar-refractivity contribution is 8.00. The van der Waals surface area contributed by atoms with E-state index in [-0.39, 0.29) is 42.1 Å². The van der Waals surface area contributed by atoms with Crippen LogP contribution in [-0.4, -0.2) is 53.0 Å². The molecule has 3 atom stereocenters. The van der Waals surface area contributed by atoms with Gasteiger partial charge in [0.1, 0.15) is 5.82 Å². The van der Waals surface area contributed by atoms with E-state index in [1.54, 1.807) is 0 Å². The molecule has 2 aromatic rings. The van der Waals surface area contributed by atoms with E-state index in [9.17, 15) is 27.6 Å². The van der Waals surface area contributed by atoms with Gasteiger partial charge < -0.3 is 20.7 Å². The van der Waals surface area contributed by atoms with Crippen LogP contribution in [0, 0.1) is 36.2 Å². The Morgan fingerprint density at radius 1 is 1.07 bits per heavy atom. The number of halogens is 3. The minimum Gasteiger partial charge on any atom is -0.466 e. The van der Waals surface area contributed by atoms with Crippen LogP contribution in [-0.2, 0) is 32.1 Å². The lowest BCUT2D eigenvalue weighted by Crippen LogP contribution is -2.46. The minimum atomic E-state index is -1.28. The van der Waals surface area contributed by atoms with Gasteiger partial charge in [0.25, 0.3) is 5.91 Å². The van der Waals surface area contributed by atoms with Crippen molar-refractivity contribution in [3.05, 3.63) is 70.5 Å². The maximum absolute atomic E-state index is 13.8. The lowest BCUT2D eigenvalue weighted by atomic mass is 9.99. The van der Waals surface area contributed by atoms with Gasteiger partial charge in [0.15, 0.2) is 17.0 Å². The third-order valence-corrected chi connectivity index (χ3v) is 7.89. The second kappa shape index (κ2) is 16.4. The molecule has 226 valence electrons. The maximum atomic E-state index is 13.8. The molecule has 2 amide bonds. The van der Waals surface area contributed by atoms with Crippen molar-refractivity contribution in [3.63, 3.8) is 0 Å². The zero-order valence-electron chi connectivity index (χ0n) is 24.2. The SMILES string of the molecule is CCOC(=O)C(C)C(C)C.Cc1ccc(CNC(=O)C2SCCN2C(=O)CC(N)Cc2cc(F)c(F)cc2F)cc1. The largest absolute Gasteiger partial charge is 0.466 e. The molecule has 2 aromatic carbocycles. The summed E-state index contributed by atoms with van der Waals surface area (Å²) in [6, 6.07) is 8.19. The zero-order valence-corrected chi connectivity index (χ0v) is 25.0. The second-order valence-electron chi connectivity index (χ2n) is 10.3. The van der Waals surface area contributed by atoms with Crippen molar-refractivity contribution in [2.45, 2.75) is 65.4 Å². The number of nitrogens with one attached hydrogen (secondary N) is 1. The van der Waals surface area contributed by atoms with Crippen molar-refractivity contribution in [1.82, 2.24) is 10.2 Å². The first-order valence-corrected chi connectivity index (χ1v) is 14.7. The first-order valence-electron chi connectivity index (χ1n) is 13.6. The average molecular weight is 596 g/mol. The van der Waals surface area contributed by atoms with Gasteiger partial charge in [-0.2, -0.15) is 0 Å². The summed E-state index contributed by atoms with van der Waals surface area (Å²) in [5, 5.41) is 2.18. The molecule has 11 heteroatoms. The van der Waals surface area contributed by atoms with Crippen molar-refractivity contribution >= 4 is 29.5 Å². The number of thioether (sulfide) groups is 1. The molecule has 0 spiro atoms. The number of hydrogen-bond donors (Lipinski definition) is 2. The van der Waals surface area contributed by atoms with E-state index in [1.807, 2.05) is 58.9 Å². The Kier molecular flexibility index (Phi) is 13.7. The van der Waals surface area contributed by atoms with Gasteiger partial charge in [-0.05, 0) is 43.4 Å². The number of amides is 2. The fourth-order valence-electron chi connectivity index (χ4n) is 3.89. The number of esters is 1. The van der Waals surface area contributed by atoms with Crippen LogP contribution in [0.2, 0.25) is 0 Å². The molecule has 0 aromatic heterocycles. The summed E-state index contributed by atoms with van der Waals surface area (Å²) in [6.07, 6.45) is -0.263. The van der Waals surface area contributed by atoms with Gasteiger partial charge in [-0.1, -0.05) is 50.6 Å². The van der Waals surface area contributed by atoms with Gasteiger partial charge in [-0.25, -0.2) is 13.2 Å². The van der Waals surface area contributed by atoms with Gasteiger partial charge in [0.05, 0.1) is 12.5 Å². The first-order chi connectivity index (χ1) is 19.3. The first kappa shape index (κ1) is 34.2. The summed E-state index contributed by atoms with van der Waals surface area (Å²) in [5.41, 5.74) is 7.94. The number of nitrogens with two attached hydrogens (primary N) is 1. The van der Waals surface area contributed by atoms with Crippen LogP contribution >= 0.6 is 11.8 Å². The molecule has 1 saturated heterocycles. The molecule has 1 heterocycles. The van der Waals surface area contributed by atoms with E-state index in [2.05, 4.69) is 5.32 Å². The Labute approximate surface area is 244 Å². The molecule has 1 aliphatic rings. The predicted octanol–water partition coefficient (Wildman–Crippen LogP) is 4.73. The number of aryl methyl sites for hydroxylation is 1. The topological polar surface area (TPSA) is 102 Å². The van der Waals surface area contributed by atoms with Crippen LogP contribution in [0.25, 0.3) is 0 Å². The molecule has 0 saturated carbocycles. The monoisotopic (exact) mass is 595 g/mol. The van der Waals surface area contributed by atoms with Gasteiger partial charge >= 0.3 is 5.97 Å². The van der Waals surface area contributed by atoms with Crippen LogP contribution in [0.1, 0.15) is 50.8 Å². The van der Waals surface area contributed by atoms with Gasteiger partial charge in [-0.3, -0.25) is 14.4 Å². The molecule has 0 bridgehead atoms. The quantitative estimate of drug-likeness (QED) is 0.304.